The second kappa shape index (κ2) is 6.20. The number of amides is 2. The molecule has 0 radical (unpaired) electrons. The number of hydrogen-bond acceptors (Lipinski definition) is 4. The number of rotatable bonds is 4. The van der Waals surface area contributed by atoms with Crippen LogP contribution < -0.4 is 16.8 Å². The summed E-state index contributed by atoms with van der Waals surface area (Å²) in [4.78, 5) is 26.6. The molecule has 0 saturated carbocycles. The Kier molecular flexibility index (Phi) is 5.58. The Morgan fingerprint density at radius 3 is 2.56 bits per heavy atom. The highest BCUT2D eigenvalue weighted by Gasteiger charge is 2.25. The smallest absolute Gasteiger partial charge is 0.254 e. The average Bonchev–Trinajstić information content (AvgIpc) is 2.26. The number of nitrogen functional groups attached to an aromatic ring is 1. The second-order valence-corrected chi connectivity index (χ2v) is 4.39. The molecule has 7 heteroatoms. The molecule has 100 valence electrons. The van der Waals surface area contributed by atoms with Crippen LogP contribution in [-0.4, -0.2) is 23.3 Å². The SMILES string of the molecule is CC(C)(CNC(=O)c1cnccc1N)C(N)=O.Cl. The van der Waals surface area contributed by atoms with Crippen molar-refractivity contribution in [1.82, 2.24) is 10.3 Å². The molecule has 1 heterocycles. The van der Waals surface area contributed by atoms with Gasteiger partial charge in [-0.25, -0.2) is 0 Å². The Labute approximate surface area is 112 Å². The molecular weight excluding hydrogens is 256 g/mol. The molecule has 1 aromatic rings. The number of nitrogens with one attached hydrogen (secondary N) is 1. The zero-order valence-electron chi connectivity index (χ0n) is 10.3. The molecule has 2 amide bonds. The van der Waals surface area contributed by atoms with Crippen LogP contribution in [0, 0.1) is 5.41 Å². The van der Waals surface area contributed by atoms with Crippen molar-refractivity contribution >= 4 is 29.9 Å². The summed E-state index contributed by atoms with van der Waals surface area (Å²) in [5.41, 5.74) is 10.7. The van der Waals surface area contributed by atoms with E-state index in [1.165, 1.54) is 18.5 Å². The average molecular weight is 273 g/mol. The highest BCUT2D eigenvalue weighted by atomic mass is 35.5. The fourth-order valence-electron chi connectivity index (χ4n) is 1.08. The van der Waals surface area contributed by atoms with E-state index in [4.69, 9.17) is 11.5 Å². The summed E-state index contributed by atoms with van der Waals surface area (Å²) in [6.45, 7) is 3.46. The van der Waals surface area contributed by atoms with Gasteiger partial charge in [0.15, 0.2) is 0 Å². The van der Waals surface area contributed by atoms with Crippen molar-refractivity contribution in [3.63, 3.8) is 0 Å². The molecule has 6 nitrogen and oxygen atoms in total. The monoisotopic (exact) mass is 272 g/mol. The molecule has 0 aliphatic carbocycles. The van der Waals surface area contributed by atoms with Crippen molar-refractivity contribution in [2.75, 3.05) is 12.3 Å². The fourth-order valence-corrected chi connectivity index (χ4v) is 1.08. The van der Waals surface area contributed by atoms with Gasteiger partial charge in [0.25, 0.3) is 5.91 Å². The summed E-state index contributed by atoms with van der Waals surface area (Å²) >= 11 is 0. The van der Waals surface area contributed by atoms with Crippen molar-refractivity contribution < 1.29 is 9.59 Å². The van der Waals surface area contributed by atoms with Crippen molar-refractivity contribution in [1.29, 1.82) is 0 Å². The standard InChI is InChI=1S/C11H16N4O2.ClH/c1-11(2,10(13)17)6-15-9(16)7-5-14-4-3-8(7)12;/h3-5H,6H2,1-2H3,(H2,12,14)(H2,13,17)(H,15,16);1H. The number of pyridine rings is 1. The third-order valence-corrected chi connectivity index (χ3v) is 2.46. The number of aromatic nitrogens is 1. The van der Waals surface area contributed by atoms with Gasteiger partial charge in [-0.3, -0.25) is 14.6 Å². The summed E-state index contributed by atoms with van der Waals surface area (Å²) in [5.74, 6) is -0.845. The first kappa shape index (κ1) is 16.2. The lowest BCUT2D eigenvalue weighted by molar-refractivity contribution is -0.125. The van der Waals surface area contributed by atoms with Crippen LogP contribution in [0.1, 0.15) is 24.2 Å². The molecule has 0 unspecified atom stereocenters. The molecule has 0 aliphatic rings. The van der Waals surface area contributed by atoms with Crippen LogP contribution in [0.25, 0.3) is 0 Å². The second-order valence-electron chi connectivity index (χ2n) is 4.39. The normalized spacial score (nSPS) is 10.3. The maximum atomic E-state index is 11.8. The Hall–Kier alpha value is -1.82. The molecule has 1 aromatic heterocycles. The number of primary amides is 1. The number of carbonyl (C=O) groups is 2. The summed E-state index contributed by atoms with van der Waals surface area (Å²) < 4.78 is 0. The van der Waals surface area contributed by atoms with Crippen LogP contribution >= 0.6 is 12.4 Å². The van der Waals surface area contributed by atoms with Crippen LogP contribution in [0.3, 0.4) is 0 Å². The van der Waals surface area contributed by atoms with Crippen LogP contribution in [0.4, 0.5) is 5.69 Å². The van der Waals surface area contributed by atoms with Gasteiger partial charge in [0, 0.05) is 24.6 Å². The minimum atomic E-state index is -0.799. The van der Waals surface area contributed by atoms with E-state index in [0.29, 0.717) is 5.69 Å². The lowest BCUT2D eigenvalue weighted by Crippen LogP contribution is -2.42. The quantitative estimate of drug-likeness (QED) is 0.733. The molecular formula is C11H17ClN4O2. The minimum Gasteiger partial charge on any atom is -0.398 e. The first-order chi connectivity index (χ1) is 7.84. The number of nitrogens with two attached hydrogens (primary N) is 2. The van der Waals surface area contributed by atoms with E-state index in [2.05, 4.69) is 10.3 Å². The summed E-state index contributed by atoms with van der Waals surface area (Å²) in [6.07, 6.45) is 2.88. The summed E-state index contributed by atoms with van der Waals surface area (Å²) in [6, 6.07) is 1.54. The van der Waals surface area contributed by atoms with Gasteiger partial charge in [-0.1, -0.05) is 0 Å². The first-order valence-electron chi connectivity index (χ1n) is 5.12. The van der Waals surface area contributed by atoms with E-state index in [0.717, 1.165) is 0 Å². The van der Waals surface area contributed by atoms with Crippen molar-refractivity contribution in [3.05, 3.63) is 24.0 Å². The Bertz CT molecular complexity index is 448. The van der Waals surface area contributed by atoms with E-state index in [1.54, 1.807) is 13.8 Å². The summed E-state index contributed by atoms with van der Waals surface area (Å²) in [7, 11) is 0. The van der Waals surface area contributed by atoms with E-state index >= 15 is 0 Å². The topological polar surface area (TPSA) is 111 Å². The van der Waals surface area contributed by atoms with Crippen LogP contribution in [-0.2, 0) is 4.79 Å². The van der Waals surface area contributed by atoms with Gasteiger partial charge in [-0.2, -0.15) is 0 Å². The van der Waals surface area contributed by atoms with Crippen LogP contribution in [0.5, 0.6) is 0 Å². The Balaban J connectivity index is 0.00000289. The predicted octanol–water partition coefficient (Wildman–Crippen LogP) is 0.327. The maximum Gasteiger partial charge on any atom is 0.254 e. The molecule has 0 aromatic carbocycles. The van der Waals surface area contributed by atoms with Gasteiger partial charge in [-0.15, -0.1) is 12.4 Å². The molecule has 1 rings (SSSR count). The number of nitrogens with zero attached hydrogens (tertiary/aromatic N) is 1. The maximum absolute atomic E-state index is 11.8. The van der Waals surface area contributed by atoms with Crippen LogP contribution in [0.15, 0.2) is 18.5 Å². The van der Waals surface area contributed by atoms with Crippen molar-refractivity contribution in [2.24, 2.45) is 11.1 Å². The van der Waals surface area contributed by atoms with E-state index < -0.39 is 11.3 Å². The molecule has 0 saturated heterocycles. The number of halogens is 1. The largest absolute Gasteiger partial charge is 0.398 e. The van der Waals surface area contributed by atoms with Crippen molar-refractivity contribution in [2.45, 2.75) is 13.8 Å². The van der Waals surface area contributed by atoms with E-state index in [1.807, 2.05) is 0 Å². The molecule has 18 heavy (non-hydrogen) atoms. The molecule has 0 spiro atoms. The third-order valence-electron chi connectivity index (χ3n) is 2.46. The number of carbonyl (C=O) groups excluding carboxylic acids is 2. The first-order valence-corrected chi connectivity index (χ1v) is 5.12. The lowest BCUT2D eigenvalue weighted by atomic mass is 9.92. The Morgan fingerprint density at radius 2 is 2.06 bits per heavy atom. The lowest BCUT2D eigenvalue weighted by Gasteiger charge is -2.20. The van der Waals surface area contributed by atoms with Crippen molar-refractivity contribution in [3.8, 4) is 0 Å². The van der Waals surface area contributed by atoms with E-state index in [9.17, 15) is 9.59 Å². The van der Waals surface area contributed by atoms with Gasteiger partial charge in [0.1, 0.15) is 0 Å². The number of hydrogen-bond donors (Lipinski definition) is 3. The predicted molar refractivity (Wildman–Crippen MR) is 71.2 cm³/mol. The van der Waals surface area contributed by atoms with Gasteiger partial charge < -0.3 is 16.8 Å². The minimum absolute atomic E-state index is 0. The number of anilines is 1. The van der Waals surface area contributed by atoms with Gasteiger partial charge >= 0.3 is 0 Å². The molecule has 0 aliphatic heterocycles. The fraction of sp³-hybridized carbons (Fsp3) is 0.364. The zero-order chi connectivity index (χ0) is 13.1. The Morgan fingerprint density at radius 1 is 1.44 bits per heavy atom. The van der Waals surface area contributed by atoms with Gasteiger partial charge in [0.05, 0.1) is 11.0 Å². The molecule has 0 bridgehead atoms. The highest BCUT2D eigenvalue weighted by Crippen LogP contribution is 2.13. The van der Waals surface area contributed by atoms with E-state index in [-0.39, 0.29) is 30.4 Å². The highest BCUT2D eigenvalue weighted by molar-refractivity contribution is 5.99. The van der Waals surface area contributed by atoms with Gasteiger partial charge in [0.2, 0.25) is 5.91 Å². The summed E-state index contributed by atoms with van der Waals surface area (Å²) in [5, 5.41) is 2.60. The van der Waals surface area contributed by atoms with Crippen LogP contribution in [0.2, 0.25) is 0 Å². The zero-order valence-corrected chi connectivity index (χ0v) is 11.1. The molecule has 0 fully saturated rings. The third kappa shape index (κ3) is 3.89. The molecule has 0 atom stereocenters. The van der Waals surface area contributed by atoms with Gasteiger partial charge in [-0.05, 0) is 19.9 Å². The molecule has 5 N–H and O–H groups in total.